The fourth-order valence-electron chi connectivity index (χ4n) is 0.612. The Labute approximate surface area is 63.1 Å². The van der Waals surface area contributed by atoms with Crippen molar-refractivity contribution in [3.05, 3.63) is 18.6 Å². The highest BCUT2D eigenvalue weighted by Gasteiger charge is 2.00. The summed E-state index contributed by atoms with van der Waals surface area (Å²) in [5, 5.41) is 0. The molecular weight excluding hydrogens is 124 g/mol. The van der Waals surface area contributed by atoms with Gasteiger partial charge >= 0.3 is 0 Å². The topological polar surface area (TPSA) is 17.1 Å². The lowest BCUT2D eigenvalue weighted by Gasteiger charge is -1.96. The third kappa shape index (κ3) is 4.30. The van der Waals surface area contributed by atoms with Crippen molar-refractivity contribution in [3.63, 3.8) is 0 Å². The van der Waals surface area contributed by atoms with E-state index in [0.29, 0.717) is 5.57 Å². The van der Waals surface area contributed by atoms with E-state index in [9.17, 15) is 4.79 Å². The molecule has 57 valence electrons. The zero-order valence-electron chi connectivity index (χ0n) is 6.81. The van der Waals surface area contributed by atoms with Crippen molar-refractivity contribution in [2.75, 3.05) is 0 Å². The second-order valence-electron chi connectivity index (χ2n) is 2.49. The fraction of sp³-hybridized carbons (Fsp3) is 0.556. The highest BCUT2D eigenvalue weighted by Crippen LogP contribution is 2.02. The number of ketones is 1. The average Bonchev–Trinajstić information content (AvgIpc) is 1.88. The van der Waals surface area contributed by atoms with Gasteiger partial charge in [-0.25, -0.2) is 0 Å². The van der Waals surface area contributed by atoms with Crippen molar-refractivity contribution in [3.8, 4) is 0 Å². The Morgan fingerprint density at radius 1 is 1.60 bits per heavy atom. The molecule has 0 aromatic heterocycles. The molecule has 1 nitrogen and oxygen atoms in total. The van der Waals surface area contributed by atoms with Crippen molar-refractivity contribution in [1.29, 1.82) is 0 Å². The van der Waals surface area contributed by atoms with Crippen LogP contribution in [-0.2, 0) is 4.79 Å². The van der Waals surface area contributed by atoms with Crippen LogP contribution in [0.15, 0.2) is 12.2 Å². The first-order chi connectivity index (χ1) is 4.68. The van der Waals surface area contributed by atoms with Crippen LogP contribution < -0.4 is 0 Å². The van der Waals surface area contributed by atoms with Crippen LogP contribution in [0.25, 0.3) is 0 Å². The molecule has 0 aliphatic carbocycles. The lowest BCUT2D eigenvalue weighted by molar-refractivity contribution is -0.112. The molecule has 0 bridgehead atoms. The normalized spacial score (nSPS) is 9.40. The molecule has 0 N–H and O–H groups in total. The van der Waals surface area contributed by atoms with E-state index in [1.807, 2.05) is 0 Å². The average molecular weight is 139 g/mol. The molecular formula is C9H15O. The molecule has 0 saturated carbocycles. The van der Waals surface area contributed by atoms with Gasteiger partial charge in [0.1, 0.15) is 0 Å². The summed E-state index contributed by atoms with van der Waals surface area (Å²) in [6.45, 7) is 7.40. The van der Waals surface area contributed by atoms with Crippen LogP contribution in [0.1, 0.15) is 33.1 Å². The first-order valence-corrected chi connectivity index (χ1v) is 3.71. The molecule has 1 heteroatoms. The maximum absolute atomic E-state index is 10.9. The highest BCUT2D eigenvalue weighted by atomic mass is 16.1. The number of Topliss-reactive ketones (excluding diaryl/α,β-unsaturated/α-hetero) is 1. The molecule has 0 saturated heterocycles. The van der Waals surface area contributed by atoms with E-state index in [1.165, 1.54) is 0 Å². The fourth-order valence-corrected chi connectivity index (χ4v) is 0.612. The lowest BCUT2D eigenvalue weighted by atomic mass is 10.1. The molecule has 0 heterocycles. The summed E-state index contributed by atoms with van der Waals surface area (Å²) in [6, 6.07) is 0. The van der Waals surface area contributed by atoms with Crippen LogP contribution >= 0.6 is 0 Å². The molecule has 0 rings (SSSR count). The number of hydrogen-bond acceptors (Lipinski definition) is 1. The van der Waals surface area contributed by atoms with Crippen LogP contribution in [0.2, 0.25) is 0 Å². The maximum Gasteiger partial charge on any atom is 0.161 e. The number of carbonyl (C=O) groups is 1. The van der Waals surface area contributed by atoms with Crippen molar-refractivity contribution in [2.24, 2.45) is 0 Å². The van der Waals surface area contributed by atoms with Crippen molar-refractivity contribution < 1.29 is 4.79 Å². The van der Waals surface area contributed by atoms with Gasteiger partial charge in [-0.3, -0.25) is 4.79 Å². The van der Waals surface area contributed by atoms with Crippen LogP contribution in [-0.4, -0.2) is 5.78 Å². The number of allylic oxidation sites excluding steroid dienone is 1. The van der Waals surface area contributed by atoms with E-state index >= 15 is 0 Å². The van der Waals surface area contributed by atoms with Crippen LogP contribution in [0.3, 0.4) is 0 Å². The van der Waals surface area contributed by atoms with Gasteiger partial charge in [-0.05, 0) is 18.9 Å². The van der Waals surface area contributed by atoms with Gasteiger partial charge in [-0.2, -0.15) is 0 Å². The van der Waals surface area contributed by atoms with Gasteiger partial charge in [0.15, 0.2) is 5.78 Å². The summed E-state index contributed by atoms with van der Waals surface area (Å²) >= 11 is 0. The molecule has 0 spiro atoms. The zero-order valence-corrected chi connectivity index (χ0v) is 6.81. The van der Waals surface area contributed by atoms with Gasteiger partial charge in [-0.15, -0.1) is 0 Å². The molecule has 0 aliphatic heterocycles. The van der Waals surface area contributed by atoms with Crippen LogP contribution in [0.4, 0.5) is 0 Å². The largest absolute Gasteiger partial charge is 0.294 e. The SMILES string of the molecule is C=C(C)C(=O)[CH]CCCC. The molecule has 0 amide bonds. The first-order valence-electron chi connectivity index (χ1n) is 3.71. The Morgan fingerprint density at radius 3 is 2.60 bits per heavy atom. The summed E-state index contributed by atoms with van der Waals surface area (Å²) in [4.78, 5) is 10.9. The number of hydrogen-bond donors (Lipinski definition) is 0. The molecule has 0 aliphatic rings. The van der Waals surface area contributed by atoms with Crippen LogP contribution in [0, 0.1) is 6.42 Å². The molecule has 1 radical (unpaired) electrons. The Bertz CT molecular complexity index is 125. The Balaban J connectivity index is 3.31. The predicted molar refractivity (Wildman–Crippen MR) is 43.6 cm³/mol. The summed E-state index contributed by atoms with van der Waals surface area (Å²) in [5.74, 6) is 0.0912. The minimum atomic E-state index is 0.0912. The maximum atomic E-state index is 10.9. The van der Waals surface area contributed by atoms with Gasteiger partial charge in [0.05, 0.1) is 0 Å². The Morgan fingerprint density at radius 2 is 2.20 bits per heavy atom. The van der Waals surface area contributed by atoms with E-state index in [1.54, 1.807) is 13.3 Å². The van der Waals surface area contributed by atoms with Gasteiger partial charge in [0.25, 0.3) is 0 Å². The van der Waals surface area contributed by atoms with E-state index in [4.69, 9.17) is 0 Å². The van der Waals surface area contributed by atoms with Crippen molar-refractivity contribution in [1.82, 2.24) is 0 Å². The molecule has 0 fully saturated rings. The highest BCUT2D eigenvalue weighted by molar-refractivity contribution is 6.00. The van der Waals surface area contributed by atoms with Gasteiger partial charge < -0.3 is 0 Å². The number of unbranched alkanes of at least 4 members (excludes halogenated alkanes) is 2. The first kappa shape index (κ1) is 9.41. The lowest BCUT2D eigenvalue weighted by Crippen LogP contribution is -1.98. The van der Waals surface area contributed by atoms with Crippen molar-refractivity contribution >= 4 is 5.78 Å². The van der Waals surface area contributed by atoms with E-state index in [2.05, 4.69) is 13.5 Å². The summed E-state index contributed by atoms with van der Waals surface area (Å²) in [6.07, 6.45) is 4.84. The monoisotopic (exact) mass is 139 g/mol. The minimum Gasteiger partial charge on any atom is -0.294 e. The van der Waals surface area contributed by atoms with Gasteiger partial charge in [-0.1, -0.05) is 26.3 Å². The minimum absolute atomic E-state index is 0.0912. The molecule has 0 aromatic rings. The molecule has 0 aromatic carbocycles. The Hall–Kier alpha value is -0.590. The number of carbonyl (C=O) groups excluding carboxylic acids is 1. The zero-order chi connectivity index (χ0) is 7.98. The van der Waals surface area contributed by atoms with Crippen molar-refractivity contribution in [2.45, 2.75) is 33.1 Å². The van der Waals surface area contributed by atoms with Gasteiger partial charge in [0, 0.05) is 6.42 Å². The van der Waals surface area contributed by atoms with E-state index in [-0.39, 0.29) is 5.78 Å². The molecule has 0 atom stereocenters. The predicted octanol–water partition coefficient (Wildman–Crippen LogP) is 2.53. The third-order valence-electron chi connectivity index (χ3n) is 1.31. The molecule has 10 heavy (non-hydrogen) atoms. The summed E-state index contributed by atoms with van der Waals surface area (Å²) in [5.41, 5.74) is 0.635. The smallest absolute Gasteiger partial charge is 0.161 e. The third-order valence-corrected chi connectivity index (χ3v) is 1.31. The van der Waals surface area contributed by atoms with E-state index < -0.39 is 0 Å². The summed E-state index contributed by atoms with van der Waals surface area (Å²) < 4.78 is 0. The standard InChI is InChI=1S/C9H15O/c1-4-5-6-7-9(10)8(2)3/h7H,2,4-6H2,1,3H3. The molecule has 0 unspecified atom stereocenters. The van der Waals surface area contributed by atoms with Crippen LogP contribution in [0.5, 0.6) is 0 Å². The summed E-state index contributed by atoms with van der Waals surface area (Å²) in [7, 11) is 0. The second kappa shape index (κ2) is 5.21. The number of rotatable bonds is 5. The van der Waals surface area contributed by atoms with Gasteiger partial charge in [0.2, 0.25) is 0 Å². The van der Waals surface area contributed by atoms with E-state index in [0.717, 1.165) is 19.3 Å². The quantitative estimate of drug-likeness (QED) is 0.422. The second-order valence-corrected chi connectivity index (χ2v) is 2.49. The Kier molecular flexibility index (Phi) is 4.91.